The maximum absolute atomic E-state index is 11.3. The number of carbonyl (C=O) groups excluding carboxylic acids is 1. The van der Waals surface area contributed by atoms with E-state index in [2.05, 4.69) is 10.1 Å². The molecule has 2 N–H and O–H groups in total. The Morgan fingerprint density at radius 3 is 2.16 bits per heavy atom. The van der Waals surface area contributed by atoms with Crippen molar-refractivity contribution in [2.45, 2.75) is 45.4 Å². The van der Waals surface area contributed by atoms with Crippen molar-refractivity contribution in [3.05, 3.63) is 35.4 Å². The van der Waals surface area contributed by atoms with Crippen LogP contribution < -0.4 is 5.32 Å². The zero-order valence-electron chi connectivity index (χ0n) is 12.3. The van der Waals surface area contributed by atoms with E-state index in [1.54, 1.807) is 26.0 Å². The SMILES string of the molecule is COC(=O)c1ccc(CNC(C)(C)C(C)(C)O)cc1. The predicted molar refractivity (Wildman–Crippen MR) is 75.0 cm³/mol. The number of esters is 1. The number of rotatable bonds is 5. The number of nitrogens with one attached hydrogen (secondary N) is 1. The van der Waals surface area contributed by atoms with Crippen molar-refractivity contribution in [1.82, 2.24) is 5.32 Å². The van der Waals surface area contributed by atoms with Crippen LogP contribution in [0.2, 0.25) is 0 Å². The summed E-state index contributed by atoms with van der Waals surface area (Å²) in [5.41, 5.74) is 0.352. The summed E-state index contributed by atoms with van der Waals surface area (Å²) in [5.74, 6) is -0.337. The third kappa shape index (κ3) is 4.04. The summed E-state index contributed by atoms with van der Waals surface area (Å²) in [6.45, 7) is 8.09. The summed E-state index contributed by atoms with van der Waals surface area (Å²) in [6, 6.07) is 7.22. The smallest absolute Gasteiger partial charge is 0.337 e. The normalized spacial score (nSPS) is 12.3. The molecule has 0 saturated carbocycles. The first kappa shape index (κ1) is 15.7. The molecule has 1 aromatic carbocycles. The molecule has 4 nitrogen and oxygen atoms in total. The summed E-state index contributed by atoms with van der Waals surface area (Å²) in [5, 5.41) is 13.4. The Morgan fingerprint density at radius 1 is 1.21 bits per heavy atom. The fourth-order valence-corrected chi connectivity index (χ4v) is 1.42. The van der Waals surface area contributed by atoms with Crippen LogP contribution in [0.5, 0.6) is 0 Å². The highest BCUT2D eigenvalue weighted by molar-refractivity contribution is 5.89. The molecule has 0 aliphatic heterocycles. The minimum Gasteiger partial charge on any atom is -0.465 e. The van der Waals surface area contributed by atoms with Gasteiger partial charge in [-0.25, -0.2) is 4.79 Å². The van der Waals surface area contributed by atoms with Crippen LogP contribution in [0.1, 0.15) is 43.6 Å². The quantitative estimate of drug-likeness (QED) is 0.801. The molecule has 0 unspecified atom stereocenters. The molecule has 106 valence electrons. The molecule has 0 aliphatic carbocycles. The van der Waals surface area contributed by atoms with E-state index in [4.69, 9.17) is 0 Å². The molecular weight excluding hydrogens is 242 g/mol. The molecule has 0 atom stereocenters. The van der Waals surface area contributed by atoms with Crippen LogP contribution in [-0.4, -0.2) is 29.3 Å². The minimum absolute atomic E-state index is 0.337. The summed E-state index contributed by atoms with van der Waals surface area (Å²) in [4.78, 5) is 11.3. The zero-order valence-corrected chi connectivity index (χ0v) is 12.3. The van der Waals surface area contributed by atoms with E-state index in [1.165, 1.54) is 7.11 Å². The van der Waals surface area contributed by atoms with Crippen LogP contribution >= 0.6 is 0 Å². The molecule has 0 heterocycles. The fourth-order valence-electron chi connectivity index (χ4n) is 1.42. The summed E-state index contributed by atoms with van der Waals surface area (Å²) >= 11 is 0. The van der Waals surface area contributed by atoms with Crippen LogP contribution in [0.4, 0.5) is 0 Å². The highest BCUT2D eigenvalue weighted by atomic mass is 16.5. The van der Waals surface area contributed by atoms with Gasteiger partial charge in [0.25, 0.3) is 0 Å². The third-order valence-electron chi connectivity index (χ3n) is 3.64. The molecule has 1 rings (SSSR count). The van der Waals surface area contributed by atoms with E-state index < -0.39 is 11.1 Å². The number of benzene rings is 1. The topological polar surface area (TPSA) is 58.6 Å². The second-order valence-corrected chi connectivity index (χ2v) is 5.73. The van der Waals surface area contributed by atoms with Crippen molar-refractivity contribution in [2.24, 2.45) is 0 Å². The fraction of sp³-hybridized carbons (Fsp3) is 0.533. The van der Waals surface area contributed by atoms with Crippen LogP contribution in [0.15, 0.2) is 24.3 Å². The van der Waals surface area contributed by atoms with Crippen molar-refractivity contribution in [3.63, 3.8) is 0 Å². The minimum atomic E-state index is -0.820. The molecule has 0 aliphatic rings. The van der Waals surface area contributed by atoms with E-state index in [1.807, 2.05) is 26.0 Å². The molecule has 0 fully saturated rings. The molecule has 0 spiro atoms. The molecule has 0 aromatic heterocycles. The van der Waals surface area contributed by atoms with Gasteiger partial charge in [-0.2, -0.15) is 0 Å². The molecular formula is C15H23NO3. The van der Waals surface area contributed by atoms with E-state index in [9.17, 15) is 9.90 Å². The van der Waals surface area contributed by atoms with E-state index >= 15 is 0 Å². The van der Waals surface area contributed by atoms with Gasteiger partial charge in [0.1, 0.15) is 0 Å². The lowest BCUT2D eigenvalue weighted by Crippen LogP contribution is -2.55. The van der Waals surface area contributed by atoms with Gasteiger partial charge in [0.15, 0.2) is 0 Å². The average Bonchev–Trinajstić information content (AvgIpc) is 2.35. The van der Waals surface area contributed by atoms with E-state index in [0.717, 1.165) is 5.56 Å². The van der Waals surface area contributed by atoms with E-state index in [0.29, 0.717) is 12.1 Å². The Balaban J connectivity index is 2.67. The Bertz CT molecular complexity index is 430. The number of hydrogen-bond donors (Lipinski definition) is 2. The van der Waals surface area contributed by atoms with Crippen molar-refractivity contribution < 1.29 is 14.6 Å². The second-order valence-electron chi connectivity index (χ2n) is 5.73. The Kier molecular flexibility index (Phi) is 4.71. The Morgan fingerprint density at radius 2 is 1.74 bits per heavy atom. The van der Waals surface area contributed by atoms with Crippen molar-refractivity contribution in [2.75, 3.05) is 7.11 Å². The summed E-state index contributed by atoms with van der Waals surface area (Å²) in [6.07, 6.45) is 0. The van der Waals surface area contributed by atoms with Gasteiger partial charge in [-0.3, -0.25) is 0 Å². The zero-order chi connectivity index (χ0) is 14.7. The van der Waals surface area contributed by atoms with Gasteiger partial charge in [-0.1, -0.05) is 12.1 Å². The largest absolute Gasteiger partial charge is 0.465 e. The number of carbonyl (C=O) groups is 1. The molecule has 19 heavy (non-hydrogen) atoms. The molecule has 0 saturated heterocycles. The van der Waals surface area contributed by atoms with Gasteiger partial charge in [0.05, 0.1) is 18.3 Å². The van der Waals surface area contributed by atoms with Crippen molar-refractivity contribution in [3.8, 4) is 0 Å². The highest BCUT2D eigenvalue weighted by Gasteiger charge is 2.34. The third-order valence-corrected chi connectivity index (χ3v) is 3.64. The Labute approximate surface area is 114 Å². The first-order chi connectivity index (χ1) is 8.67. The highest BCUT2D eigenvalue weighted by Crippen LogP contribution is 2.21. The van der Waals surface area contributed by atoms with Crippen molar-refractivity contribution in [1.29, 1.82) is 0 Å². The lowest BCUT2D eigenvalue weighted by molar-refractivity contribution is -0.00531. The van der Waals surface area contributed by atoms with Crippen molar-refractivity contribution >= 4 is 5.97 Å². The van der Waals surface area contributed by atoms with Crippen LogP contribution in [-0.2, 0) is 11.3 Å². The monoisotopic (exact) mass is 265 g/mol. The lowest BCUT2D eigenvalue weighted by Gasteiger charge is -2.38. The van der Waals surface area contributed by atoms with E-state index in [-0.39, 0.29) is 5.97 Å². The molecule has 1 aromatic rings. The maximum Gasteiger partial charge on any atom is 0.337 e. The number of aliphatic hydroxyl groups is 1. The van der Waals surface area contributed by atoms with Gasteiger partial charge in [0, 0.05) is 12.1 Å². The van der Waals surface area contributed by atoms with Crippen LogP contribution in [0.25, 0.3) is 0 Å². The first-order valence-corrected chi connectivity index (χ1v) is 6.32. The number of methoxy groups -OCH3 is 1. The standard InChI is InChI=1S/C15H23NO3/c1-14(2,15(3,4)18)16-10-11-6-8-12(9-7-11)13(17)19-5/h6-9,16,18H,10H2,1-5H3. The lowest BCUT2D eigenvalue weighted by atomic mass is 9.86. The first-order valence-electron chi connectivity index (χ1n) is 6.32. The number of ether oxygens (including phenoxy) is 1. The predicted octanol–water partition coefficient (Wildman–Crippen LogP) is 2.11. The maximum atomic E-state index is 11.3. The van der Waals surface area contributed by atoms with Crippen LogP contribution in [0.3, 0.4) is 0 Å². The van der Waals surface area contributed by atoms with Gasteiger partial charge in [-0.05, 0) is 45.4 Å². The molecule has 0 radical (unpaired) electrons. The Hall–Kier alpha value is -1.39. The summed E-state index contributed by atoms with van der Waals surface area (Å²) in [7, 11) is 1.36. The van der Waals surface area contributed by atoms with Gasteiger partial charge in [0.2, 0.25) is 0 Å². The molecule has 0 bridgehead atoms. The average molecular weight is 265 g/mol. The second kappa shape index (κ2) is 5.72. The van der Waals surface area contributed by atoms with Gasteiger partial charge in [-0.15, -0.1) is 0 Å². The molecule has 0 amide bonds. The molecule has 4 heteroatoms. The number of hydrogen-bond acceptors (Lipinski definition) is 4. The van der Waals surface area contributed by atoms with Crippen LogP contribution in [0, 0.1) is 0 Å². The summed E-state index contributed by atoms with van der Waals surface area (Å²) < 4.78 is 4.65. The van der Waals surface area contributed by atoms with Gasteiger partial charge < -0.3 is 15.2 Å². The van der Waals surface area contributed by atoms with Gasteiger partial charge >= 0.3 is 5.97 Å².